The van der Waals surface area contributed by atoms with E-state index in [9.17, 15) is 18.0 Å². The summed E-state index contributed by atoms with van der Waals surface area (Å²) in [6.45, 7) is 0. The molecular weight excluding hydrogens is 329 g/mol. The maximum atomic E-state index is 12.9. The Kier molecular flexibility index (Phi) is 3.31. The van der Waals surface area contributed by atoms with E-state index >= 15 is 0 Å². The molecule has 0 aliphatic carbocycles. The van der Waals surface area contributed by atoms with Crippen molar-refractivity contribution in [3.63, 3.8) is 0 Å². The molecule has 0 aliphatic heterocycles. The molecule has 5 nitrogen and oxygen atoms in total. The summed E-state index contributed by atoms with van der Waals surface area (Å²) >= 11 is 2.97. The van der Waals surface area contributed by atoms with Crippen molar-refractivity contribution in [3.8, 4) is 5.69 Å². The molecule has 0 radical (unpaired) electrons. The summed E-state index contributed by atoms with van der Waals surface area (Å²) in [5, 5.41) is 6.86. The molecule has 0 saturated heterocycles. The van der Waals surface area contributed by atoms with Crippen molar-refractivity contribution in [2.24, 2.45) is 5.73 Å². The summed E-state index contributed by atoms with van der Waals surface area (Å²) in [4.78, 5) is 10.9. The third-order valence-corrected chi connectivity index (χ3v) is 2.75. The molecule has 1 aromatic heterocycles. The maximum absolute atomic E-state index is 12.9. The van der Waals surface area contributed by atoms with Gasteiger partial charge in [-0.25, -0.2) is 4.68 Å². The Bertz CT molecular complexity index is 638. The third kappa shape index (κ3) is 2.75. The number of rotatable bonds is 2. The van der Waals surface area contributed by atoms with Crippen LogP contribution in [0.2, 0.25) is 0 Å². The zero-order valence-electron chi connectivity index (χ0n) is 9.15. The van der Waals surface area contributed by atoms with Crippen LogP contribution in [0.5, 0.6) is 0 Å². The van der Waals surface area contributed by atoms with Gasteiger partial charge in [-0.1, -0.05) is 21.1 Å². The van der Waals surface area contributed by atoms with E-state index in [4.69, 9.17) is 5.73 Å². The summed E-state index contributed by atoms with van der Waals surface area (Å²) in [7, 11) is 0. The Labute approximate surface area is 113 Å². The monoisotopic (exact) mass is 334 g/mol. The topological polar surface area (TPSA) is 73.8 Å². The molecule has 2 aromatic rings. The fourth-order valence-electron chi connectivity index (χ4n) is 1.43. The minimum absolute atomic E-state index is 0.212. The van der Waals surface area contributed by atoms with Crippen LogP contribution in [0.15, 0.2) is 28.9 Å². The number of carbonyl (C=O) groups excluding carboxylic acids is 1. The van der Waals surface area contributed by atoms with Crippen LogP contribution in [0.25, 0.3) is 5.69 Å². The van der Waals surface area contributed by atoms with Gasteiger partial charge in [-0.05, 0) is 18.2 Å². The maximum Gasteiger partial charge on any atom is 0.418 e. The molecule has 100 valence electrons. The number of amides is 1. The molecule has 1 amide bonds. The summed E-state index contributed by atoms with van der Waals surface area (Å²) < 4.78 is 39.8. The second-order valence-electron chi connectivity index (χ2n) is 3.57. The van der Waals surface area contributed by atoms with E-state index in [1.165, 1.54) is 12.1 Å². The molecule has 0 saturated carbocycles. The fraction of sp³-hybridized carbons (Fsp3) is 0.100. The Morgan fingerprint density at radius 1 is 1.37 bits per heavy atom. The minimum atomic E-state index is -4.56. The quantitative estimate of drug-likeness (QED) is 0.914. The van der Waals surface area contributed by atoms with Gasteiger partial charge < -0.3 is 5.73 Å². The Balaban J connectivity index is 2.58. The van der Waals surface area contributed by atoms with Crippen molar-refractivity contribution >= 4 is 21.8 Å². The number of hydrogen-bond acceptors (Lipinski definition) is 3. The normalized spacial score (nSPS) is 11.6. The predicted octanol–water partition coefficient (Wildman–Crippen LogP) is 2.15. The number of halogens is 4. The van der Waals surface area contributed by atoms with E-state index in [0.29, 0.717) is 0 Å². The molecule has 0 spiro atoms. The van der Waals surface area contributed by atoms with E-state index in [0.717, 1.165) is 16.9 Å². The highest BCUT2D eigenvalue weighted by atomic mass is 79.9. The number of nitrogens with two attached hydrogens (primary N) is 1. The van der Waals surface area contributed by atoms with Crippen LogP contribution in [0, 0.1) is 0 Å². The third-order valence-electron chi connectivity index (χ3n) is 2.26. The zero-order chi connectivity index (χ0) is 14.2. The first-order valence-corrected chi connectivity index (χ1v) is 5.67. The molecule has 0 aliphatic rings. The second-order valence-corrected chi connectivity index (χ2v) is 4.49. The smallest absolute Gasteiger partial charge is 0.364 e. The fourth-order valence-corrected chi connectivity index (χ4v) is 1.79. The van der Waals surface area contributed by atoms with Crippen LogP contribution in [-0.2, 0) is 6.18 Å². The Morgan fingerprint density at radius 3 is 2.58 bits per heavy atom. The van der Waals surface area contributed by atoms with Crippen molar-refractivity contribution in [2.45, 2.75) is 6.18 Å². The number of benzene rings is 1. The van der Waals surface area contributed by atoms with E-state index < -0.39 is 17.6 Å². The molecule has 19 heavy (non-hydrogen) atoms. The molecule has 1 aromatic carbocycles. The largest absolute Gasteiger partial charge is 0.418 e. The first-order valence-electron chi connectivity index (χ1n) is 4.88. The molecule has 0 fully saturated rings. The van der Waals surface area contributed by atoms with Gasteiger partial charge in [-0.3, -0.25) is 4.79 Å². The summed E-state index contributed by atoms with van der Waals surface area (Å²) in [5.74, 6) is -0.864. The van der Waals surface area contributed by atoms with Gasteiger partial charge in [0.25, 0.3) is 5.91 Å². The molecular formula is C10H6BrF3N4O. The first-order chi connectivity index (χ1) is 8.79. The van der Waals surface area contributed by atoms with Gasteiger partial charge in [-0.15, -0.1) is 5.10 Å². The summed E-state index contributed by atoms with van der Waals surface area (Å²) in [5.41, 5.74) is 3.62. The van der Waals surface area contributed by atoms with Gasteiger partial charge in [0.05, 0.1) is 17.4 Å². The molecule has 9 heteroatoms. The molecule has 2 N–H and O–H groups in total. The van der Waals surface area contributed by atoms with Crippen LogP contribution in [0.4, 0.5) is 13.2 Å². The van der Waals surface area contributed by atoms with Gasteiger partial charge >= 0.3 is 6.18 Å². The highest BCUT2D eigenvalue weighted by molar-refractivity contribution is 9.10. The van der Waals surface area contributed by atoms with Crippen LogP contribution < -0.4 is 5.73 Å². The zero-order valence-corrected chi connectivity index (χ0v) is 10.7. The van der Waals surface area contributed by atoms with Crippen LogP contribution in [-0.4, -0.2) is 20.9 Å². The summed E-state index contributed by atoms with van der Waals surface area (Å²) in [6, 6.07) is 3.56. The highest BCUT2D eigenvalue weighted by Gasteiger charge is 2.34. The molecule has 0 unspecified atom stereocenters. The highest BCUT2D eigenvalue weighted by Crippen LogP contribution is 2.35. The van der Waals surface area contributed by atoms with E-state index in [2.05, 4.69) is 26.2 Å². The predicted molar refractivity (Wildman–Crippen MR) is 62.6 cm³/mol. The standard InChI is InChI=1S/C10H6BrF3N4O/c11-5-1-2-8(6(3-5)10(12,13)14)18-4-7(9(15)19)16-17-18/h1-4H,(H2,15,19). The second kappa shape index (κ2) is 4.65. The van der Waals surface area contributed by atoms with E-state index in [1.54, 1.807) is 0 Å². The minimum Gasteiger partial charge on any atom is -0.364 e. The van der Waals surface area contributed by atoms with Gasteiger partial charge in [-0.2, -0.15) is 13.2 Å². The Hall–Kier alpha value is -1.90. The molecule has 0 atom stereocenters. The number of nitrogens with zero attached hydrogens (tertiary/aromatic N) is 3. The molecule has 1 heterocycles. The number of hydrogen-bond donors (Lipinski definition) is 1. The SMILES string of the molecule is NC(=O)c1cn(-c2ccc(Br)cc2C(F)(F)F)nn1. The first kappa shape index (κ1) is 13.5. The number of alkyl halides is 3. The molecule has 0 bridgehead atoms. The van der Waals surface area contributed by atoms with E-state index in [1.807, 2.05) is 0 Å². The van der Waals surface area contributed by atoms with Gasteiger partial charge in [0, 0.05) is 4.47 Å². The van der Waals surface area contributed by atoms with Crippen molar-refractivity contribution in [3.05, 3.63) is 40.1 Å². The average Bonchev–Trinajstić information content (AvgIpc) is 2.77. The van der Waals surface area contributed by atoms with Crippen molar-refractivity contribution in [1.82, 2.24) is 15.0 Å². The lowest BCUT2D eigenvalue weighted by Gasteiger charge is -2.12. The average molecular weight is 335 g/mol. The van der Waals surface area contributed by atoms with Gasteiger partial charge in [0.2, 0.25) is 0 Å². The Morgan fingerprint density at radius 2 is 2.05 bits per heavy atom. The van der Waals surface area contributed by atoms with Crippen LogP contribution in [0.1, 0.15) is 16.1 Å². The summed E-state index contributed by atoms with van der Waals surface area (Å²) in [6.07, 6.45) is -3.52. The lowest BCUT2D eigenvalue weighted by molar-refractivity contribution is -0.137. The number of primary amides is 1. The van der Waals surface area contributed by atoms with Crippen LogP contribution >= 0.6 is 15.9 Å². The van der Waals surface area contributed by atoms with Crippen LogP contribution in [0.3, 0.4) is 0 Å². The number of carbonyl (C=O) groups is 1. The van der Waals surface area contributed by atoms with Gasteiger partial charge in [0.1, 0.15) is 0 Å². The van der Waals surface area contributed by atoms with Crippen molar-refractivity contribution < 1.29 is 18.0 Å². The lowest BCUT2D eigenvalue weighted by atomic mass is 10.1. The molecule has 2 rings (SSSR count). The number of aromatic nitrogens is 3. The van der Waals surface area contributed by atoms with Crippen molar-refractivity contribution in [1.29, 1.82) is 0 Å². The van der Waals surface area contributed by atoms with E-state index in [-0.39, 0.29) is 15.9 Å². The lowest BCUT2D eigenvalue weighted by Crippen LogP contribution is -2.12. The van der Waals surface area contributed by atoms with Gasteiger partial charge in [0.15, 0.2) is 5.69 Å². The van der Waals surface area contributed by atoms with Crippen molar-refractivity contribution in [2.75, 3.05) is 0 Å².